The van der Waals surface area contributed by atoms with Crippen LogP contribution in [0.3, 0.4) is 0 Å². The van der Waals surface area contributed by atoms with Crippen molar-refractivity contribution in [3.8, 4) is 0 Å². The van der Waals surface area contributed by atoms with Crippen molar-refractivity contribution >= 4 is 10.0 Å². The van der Waals surface area contributed by atoms with Crippen LogP contribution in [0.4, 0.5) is 0 Å². The summed E-state index contributed by atoms with van der Waals surface area (Å²) in [5.41, 5.74) is -0.877. The van der Waals surface area contributed by atoms with Crippen molar-refractivity contribution in [3.63, 3.8) is 0 Å². The van der Waals surface area contributed by atoms with Gasteiger partial charge in [-0.25, -0.2) is 8.42 Å². The average molecular weight is 325 g/mol. The lowest BCUT2D eigenvalue weighted by atomic mass is 9.80. The zero-order valence-electron chi connectivity index (χ0n) is 12.8. The minimum Gasteiger partial charge on any atom is -0.390 e. The minimum absolute atomic E-state index is 0.178. The molecular formula is C16H23NO4S. The van der Waals surface area contributed by atoms with Gasteiger partial charge in [0.15, 0.2) is 0 Å². The van der Waals surface area contributed by atoms with Crippen molar-refractivity contribution in [1.29, 1.82) is 0 Å². The quantitative estimate of drug-likeness (QED) is 0.917. The molecule has 1 N–H and O–H groups in total. The first-order valence-electron chi connectivity index (χ1n) is 7.80. The fourth-order valence-electron chi connectivity index (χ4n) is 3.57. The van der Waals surface area contributed by atoms with E-state index in [0.29, 0.717) is 31.1 Å². The monoisotopic (exact) mass is 325 g/mol. The lowest BCUT2D eigenvalue weighted by Gasteiger charge is -2.42. The molecule has 0 amide bonds. The van der Waals surface area contributed by atoms with Crippen LogP contribution >= 0.6 is 0 Å². The highest BCUT2D eigenvalue weighted by atomic mass is 32.2. The molecule has 3 atom stereocenters. The van der Waals surface area contributed by atoms with Gasteiger partial charge in [0.25, 0.3) is 0 Å². The summed E-state index contributed by atoms with van der Waals surface area (Å²) < 4.78 is 32.9. The van der Waals surface area contributed by atoms with Gasteiger partial charge in [-0.3, -0.25) is 0 Å². The van der Waals surface area contributed by atoms with Gasteiger partial charge >= 0.3 is 0 Å². The molecule has 0 radical (unpaired) electrons. The van der Waals surface area contributed by atoms with E-state index in [0.717, 1.165) is 12.8 Å². The summed E-state index contributed by atoms with van der Waals surface area (Å²) >= 11 is 0. The fraction of sp³-hybridized carbons (Fsp3) is 0.625. The predicted molar refractivity (Wildman–Crippen MR) is 82.9 cm³/mol. The van der Waals surface area contributed by atoms with E-state index >= 15 is 0 Å². The number of hydrogen-bond acceptors (Lipinski definition) is 4. The Hall–Kier alpha value is -0.950. The highest BCUT2D eigenvalue weighted by Crippen LogP contribution is 2.38. The number of ether oxygens (including phenoxy) is 1. The van der Waals surface area contributed by atoms with E-state index in [4.69, 9.17) is 4.74 Å². The summed E-state index contributed by atoms with van der Waals surface area (Å²) in [6, 6.07) is 8.33. The molecule has 6 heteroatoms. The van der Waals surface area contributed by atoms with Gasteiger partial charge in [-0.1, -0.05) is 18.2 Å². The van der Waals surface area contributed by atoms with E-state index in [1.54, 1.807) is 41.6 Å². The number of sulfonamides is 1. The van der Waals surface area contributed by atoms with Crippen LogP contribution in [0.1, 0.15) is 26.2 Å². The summed E-state index contributed by atoms with van der Waals surface area (Å²) in [5, 5.41) is 10.6. The molecule has 122 valence electrons. The van der Waals surface area contributed by atoms with Gasteiger partial charge in [0.2, 0.25) is 10.0 Å². The number of nitrogens with zero attached hydrogens (tertiary/aromatic N) is 1. The van der Waals surface area contributed by atoms with Crippen LogP contribution in [0.25, 0.3) is 0 Å². The second kappa shape index (κ2) is 5.92. The summed E-state index contributed by atoms with van der Waals surface area (Å²) in [4.78, 5) is 0.318. The van der Waals surface area contributed by atoms with Gasteiger partial charge in [0, 0.05) is 25.1 Å². The van der Waals surface area contributed by atoms with Crippen LogP contribution in [0.15, 0.2) is 35.2 Å². The topological polar surface area (TPSA) is 66.8 Å². The van der Waals surface area contributed by atoms with Crippen molar-refractivity contribution in [2.24, 2.45) is 5.92 Å². The molecule has 2 heterocycles. The maximum absolute atomic E-state index is 12.9. The largest absolute Gasteiger partial charge is 0.390 e. The lowest BCUT2D eigenvalue weighted by molar-refractivity contribution is -0.116. The molecule has 0 saturated carbocycles. The maximum atomic E-state index is 12.9. The van der Waals surface area contributed by atoms with Crippen LogP contribution in [-0.4, -0.2) is 49.2 Å². The molecule has 0 bridgehead atoms. The highest BCUT2D eigenvalue weighted by molar-refractivity contribution is 7.89. The predicted octanol–water partition coefficient (Wildman–Crippen LogP) is 1.63. The number of rotatable bonds is 3. The maximum Gasteiger partial charge on any atom is 0.243 e. The van der Waals surface area contributed by atoms with Crippen LogP contribution in [0, 0.1) is 5.92 Å². The van der Waals surface area contributed by atoms with E-state index in [-0.39, 0.29) is 12.0 Å². The van der Waals surface area contributed by atoms with Crippen molar-refractivity contribution in [2.75, 3.05) is 19.8 Å². The first-order valence-corrected chi connectivity index (χ1v) is 9.24. The van der Waals surface area contributed by atoms with Crippen molar-refractivity contribution in [2.45, 2.75) is 42.7 Å². The molecule has 0 aromatic heterocycles. The molecule has 2 fully saturated rings. The summed E-state index contributed by atoms with van der Waals surface area (Å²) in [7, 11) is -3.52. The fourth-order valence-corrected chi connectivity index (χ4v) is 5.32. The van der Waals surface area contributed by atoms with Gasteiger partial charge in [-0.2, -0.15) is 4.31 Å². The van der Waals surface area contributed by atoms with Crippen LogP contribution in [-0.2, 0) is 14.8 Å². The molecule has 2 aliphatic rings. The van der Waals surface area contributed by atoms with Crippen molar-refractivity contribution in [1.82, 2.24) is 4.31 Å². The molecule has 0 unspecified atom stereocenters. The molecule has 22 heavy (non-hydrogen) atoms. The Balaban J connectivity index is 1.90. The Morgan fingerprint density at radius 2 is 2.05 bits per heavy atom. The molecule has 1 aromatic rings. The highest BCUT2D eigenvalue weighted by Gasteiger charge is 2.47. The number of aliphatic hydroxyl groups is 1. The molecule has 2 saturated heterocycles. The number of hydrogen-bond donors (Lipinski definition) is 1. The lowest BCUT2D eigenvalue weighted by Crippen LogP contribution is -2.53. The molecule has 2 aliphatic heterocycles. The van der Waals surface area contributed by atoms with Crippen LogP contribution in [0.5, 0.6) is 0 Å². The van der Waals surface area contributed by atoms with Crippen LogP contribution in [0.2, 0.25) is 0 Å². The Kier molecular flexibility index (Phi) is 4.29. The second-order valence-corrected chi connectivity index (χ2v) is 8.32. The van der Waals surface area contributed by atoms with E-state index in [2.05, 4.69) is 0 Å². The third kappa shape index (κ3) is 2.80. The smallest absolute Gasteiger partial charge is 0.243 e. The van der Waals surface area contributed by atoms with Crippen LogP contribution < -0.4 is 0 Å². The van der Waals surface area contributed by atoms with Gasteiger partial charge in [0.05, 0.1) is 17.1 Å². The van der Waals surface area contributed by atoms with E-state index in [1.165, 1.54) is 0 Å². The summed E-state index contributed by atoms with van der Waals surface area (Å²) in [5.74, 6) is -0.178. The normalized spacial score (nSPS) is 33.9. The van der Waals surface area contributed by atoms with Gasteiger partial charge in [-0.15, -0.1) is 0 Å². The van der Waals surface area contributed by atoms with Gasteiger partial charge < -0.3 is 9.84 Å². The second-order valence-electron chi connectivity index (χ2n) is 6.43. The summed E-state index contributed by atoms with van der Waals surface area (Å²) in [6.45, 7) is 3.25. The van der Waals surface area contributed by atoms with E-state index in [9.17, 15) is 13.5 Å². The summed E-state index contributed by atoms with van der Waals surface area (Å²) in [6.07, 6.45) is 2.15. The zero-order chi connectivity index (χ0) is 15.8. The molecule has 0 aliphatic carbocycles. The van der Waals surface area contributed by atoms with Crippen molar-refractivity contribution < 1.29 is 18.3 Å². The Morgan fingerprint density at radius 1 is 1.32 bits per heavy atom. The Morgan fingerprint density at radius 3 is 2.73 bits per heavy atom. The first-order chi connectivity index (χ1) is 10.4. The molecular weight excluding hydrogens is 302 g/mol. The van der Waals surface area contributed by atoms with E-state index in [1.807, 2.05) is 0 Å². The minimum atomic E-state index is -3.52. The first kappa shape index (κ1) is 15.9. The zero-order valence-corrected chi connectivity index (χ0v) is 13.6. The molecule has 0 spiro atoms. The molecule has 1 aromatic carbocycles. The third-order valence-electron chi connectivity index (χ3n) is 4.91. The Bertz CT molecular complexity index is 614. The third-order valence-corrected chi connectivity index (χ3v) is 6.85. The van der Waals surface area contributed by atoms with Gasteiger partial charge in [0.1, 0.15) is 0 Å². The number of benzene rings is 1. The van der Waals surface area contributed by atoms with Crippen molar-refractivity contribution in [3.05, 3.63) is 30.3 Å². The Labute approximate surface area is 131 Å². The van der Waals surface area contributed by atoms with Gasteiger partial charge in [-0.05, 0) is 38.3 Å². The SMILES string of the molecule is C[C@]1(O)CCOC[C@H]1[C@H]1CCCN1S(=O)(=O)c1ccccc1. The standard InChI is InChI=1S/C16H23NO4S/c1-16(18)9-11-21-12-14(16)15-8-5-10-17(15)22(19,20)13-6-3-2-4-7-13/h2-4,6-7,14-15,18H,5,8-12H2,1H3/t14-,15+,16-/m0/s1. The average Bonchev–Trinajstić information content (AvgIpc) is 2.97. The van der Waals surface area contributed by atoms with E-state index < -0.39 is 15.6 Å². The molecule has 3 rings (SSSR count). The molecule has 5 nitrogen and oxygen atoms in total.